The van der Waals surface area contributed by atoms with E-state index in [4.69, 9.17) is 4.52 Å². The maximum Gasteiger partial charge on any atom is 0.250 e. The third-order valence-corrected chi connectivity index (χ3v) is 6.22. The summed E-state index contributed by atoms with van der Waals surface area (Å²) in [5, 5.41) is 12.2. The zero-order valence-electron chi connectivity index (χ0n) is 13.0. The van der Waals surface area contributed by atoms with Gasteiger partial charge in [0.2, 0.25) is 15.0 Å². The fourth-order valence-corrected chi connectivity index (χ4v) is 4.91. The molecule has 7 nitrogen and oxygen atoms in total. The lowest BCUT2D eigenvalue weighted by atomic mass is 9.97. The number of aromatic nitrogens is 4. The highest BCUT2D eigenvalue weighted by Crippen LogP contribution is 2.27. The van der Waals surface area contributed by atoms with Gasteiger partial charge in [-0.1, -0.05) is 11.6 Å². The Bertz CT molecular complexity index is 822. The SMILES string of the molecule is O=S(=O)(Cc1noc2c1CCCC2)c1nnc2n1CCCCC2. The van der Waals surface area contributed by atoms with Gasteiger partial charge in [-0.2, -0.15) is 0 Å². The van der Waals surface area contributed by atoms with Crippen LogP contribution in [-0.4, -0.2) is 28.3 Å². The van der Waals surface area contributed by atoms with Crippen molar-refractivity contribution < 1.29 is 12.9 Å². The molecule has 124 valence electrons. The third-order valence-electron chi connectivity index (χ3n) is 4.71. The molecule has 0 amide bonds. The van der Waals surface area contributed by atoms with Crippen LogP contribution in [0.3, 0.4) is 0 Å². The Morgan fingerprint density at radius 3 is 2.74 bits per heavy atom. The van der Waals surface area contributed by atoms with Crippen LogP contribution in [0.25, 0.3) is 0 Å². The first-order valence-corrected chi connectivity index (χ1v) is 9.91. The van der Waals surface area contributed by atoms with Crippen LogP contribution in [0.2, 0.25) is 0 Å². The van der Waals surface area contributed by atoms with Crippen molar-refractivity contribution in [1.82, 2.24) is 19.9 Å². The van der Waals surface area contributed by atoms with Gasteiger partial charge in [0.1, 0.15) is 23.0 Å². The number of nitrogens with zero attached hydrogens (tertiary/aromatic N) is 4. The van der Waals surface area contributed by atoms with Gasteiger partial charge in [0.15, 0.2) is 0 Å². The molecule has 0 bridgehead atoms. The molecule has 0 unspecified atom stereocenters. The van der Waals surface area contributed by atoms with E-state index >= 15 is 0 Å². The number of sulfone groups is 1. The van der Waals surface area contributed by atoms with Crippen LogP contribution in [0.4, 0.5) is 0 Å². The number of fused-ring (bicyclic) bond motifs is 2. The van der Waals surface area contributed by atoms with Crippen LogP contribution in [0.1, 0.15) is 54.9 Å². The van der Waals surface area contributed by atoms with Crippen molar-refractivity contribution in [2.75, 3.05) is 0 Å². The molecule has 8 heteroatoms. The summed E-state index contributed by atoms with van der Waals surface area (Å²) < 4.78 is 32.7. The summed E-state index contributed by atoms with van der Waals surface area (Å²) in [6.45, 7) is 0.674. The molecule has 2 aliphatic rings. The summed E-state index contributed by atoms with van der Waals surface area (Å²) in [5.41, 5.74) is 1.53. The average molecular weight is 336 g/mol. The van der Waals surface area contributed by atoms with Crippen molar-refractivity contribution in [3.63, 3.8) is 0 Å². The van der Waals surface area contributed by atoms with Crippen molar-refractivity contribution in [1.29, 1.82) is 0 Å². The normalized spacial score (nSPS) is 18.3. The molecule has 2 aromatic heterocycles. The molecule has 4 rings (SSSR count). The molecule has 0 saturated heterocycles. The van der Waals surface area contributed by atoms with E-state index in [-0.39, 0.29) is 10.9 Å². The highest BCUT2D eigenvalue weighted by molar-refractivity contribution is 7.90. The van der Waals surface area contributed by atoms with Gasteiger partial charge in [-0.3, -0.25) is 0 Å². The molecule has 0 atom stereocenters. The molecule has 1 aliphatic carbocycles. The Hall–Kier alpha value is -1.70. The lowest BCUT2D eigenvalue weighted by Crippen LogP contribution is -2.15. The van der Waals surface area contributed by atoms with Gasteiger partial charge in [0.05, 0.1) is 0 Å². The smallest absolute Gasteiger partial charge is 0.250 e. The Labute approximate surface area is 135 Å². The predicted molar refractivity (Wildman–Crippen MR) is 81.6 cm³/mol. The van der Waals surface area contributed by atoms with Crippen molar-refractivity contribution in [2.24, 2.45) is 0 Å². The summed E-state index contributed by atoms with van der Waals surface area (Å²) in [7, 11) is -3.56. The summed E-state index contributed by atoms with van der Waals surface area (Å²) in [6.07, 6.45) is 7.72. The third kappa shape index (κ3) is 2.69. The highest BCUT2D eigenvalue weighted by Gasteiger charge is 2.29. The largest absolute Gasteiger partial charge is 0.361 e. The Morgan fingerprint density at radius 2 is 1.83 bits per heavy atom. The molecule has 0 radical (unpaired) electrons. The Balaban J connectivity index is 1.66. The second kappa shape index (κ2) is 5.74. The van der Waals surface area contributed by atoms with E-state index in [0.29, 0.717) is 12.2 Å². The molecule has 0 N–H and O–H groups in total. The summed E-state index contributed by atoms with van der Waals surface area (Å²) in [5.74, 6) is 1.48. The van der Waals surface area contributed by atoms with Crippen LogP contribution >= 0.6 is 0 Å². The van der Waals surface area contributed by atoms with E-state index in [1.54, 1.807) is 4.57 Å². The van der Waals surface area contributed by atoms with E-state index in [0.717, 1.165) is 68.5 Å². The first-order chi connectivity index (χ1) is 11.1. The van der Waals surface area contributed by atoms with Gasteiger partial charge in [-0.05, 0) is 32.1 Å². The van der Waals surface area contributed by atoms with E-state index < -0.39 is 9.84 Å². The van der Waals surface area contributed by atoms with Crippen LogP contribution < -0.4 is 0 Å². The fraction of sp³-hybridized carbons (Fsp3) is 0.667. The topological polar surface area (TPSA) is 90.9 Å². The van der Waals surface area contributed by atoms with Gasteiger partial charge in [-0.25, -0.2) is 8.42 Å². The van der Waals surface area contributed by atoms with Crippen molar-refractivity contribution >= 4 is 9.84 Å². The molecule has 3 heterocycles. The molecule has 0 spiro atoms. The monoisotopic (exact) mass is 336 g/mol. The summed E-state index contributed by atoms with van der Waals surface area (Å²) in [4.78, 5) is 0. The van der Waals surface area contributed by atoms with Crippen LogP contribution in [-0.2, 0) is 41.4 Å². The lowest BCUT2D eigenvalue weighted by molar-refractivity contribution is 0.369. The fourth-order valence-electron chi connectivity index (χ4n) is 3.50. The van der Waals surface area contributed by atoms with Gasteiger partial charge in [0, 0.05) is 24.9 Å². The molecule has 0 saturated carbocycles. The second-order valence-electron chi connectivity index (χ2n) is 6.36. The average Bonchev–Trinajstić information content (AvgIpc) is 3.06. The van der Waals surface area contributed by atoms with Crippen molar-refractivity contribution in [3.8, 4) is 0 Å². The molecule has 2 aromatic rings. The van der Waals surface area contributed by atoms with Gasteiger partial charge < -0.3 is 9.09 Å². The van der Waals surface area contributed by atoms with E-state index in [1.807, 2.05) is 0 Å². The van der Waals surface area contributed by atoms with E-state index in [9.17, 15) is 8.42 Å². The summed E-state index contributed by atoms with van der Waals surface area (Å²) >= 11 is 0. The molecule has 1 aliphatic heterocycles. The molecule has 0 aromatic carbocycles. The minimum absolute atomic E-state index is 0.0851. The quantitative estimate of drug-likeness (QED) is 0.849. The zero-order chi connectivity index (χ0) is 15.9. The Kier molecular flexibility index (Phi) is 3.71. The van der Waals surface area contributed by atoms with E-state index in [1.165, 1.54) is 0 Å². The molecular weight excluding hydrogens is 316 g/mol. The van der Waals surface area contributed by atoms with Gasteiger partial charge >= 0.3 is 0 Å². The standard InChI is InChI=1S/C15H20N4O3S/c20-23(21,10-12-11-6-3-4-7-13(11)22-18-12)15-17-16-14-8-2-1-5-9-19(14)15/h1-10H2. The predicted octanol–water partition coefficient (Wildman–Crippen LogP) is 1.85. The highest BCUT2D eigenvalue weighted by atomic mass is 32.2. The van der Waals surface area contributed by atoms with Crippen molar-refractivity contribution in [3.05, 3.63) is 22.8 Å². The van der Waals surface area contributed by atoms with Crippen LogP contribution in [0.5, 0.6) is 0 Å². The van der Waals surface area contributed by atoms with Crippen LogP contribution in [0, 0.1) is 0 Å². The molecular formula is C15H20N4O3S. The maximum atomic E-state index is 12.8. The van der Waals surface area contributed by atoms with E-state index in [2.05, 4.69) is 15.4 Å². The second-order valence-corrected chi connectivity index (χ2v) is 8.24. The number of hydrogen-bond donors (Lipinski definition) is 0. The van der Waals surface area contributed by atoms with Crippen molar-refractivity contribution in [2.45, 2.75) is 68.8 Å². The molecule has 23 heavy (non-hydrogen) atoms. The lowest BCUT2D eigenvalue weighted by Gasteiger charge is -2.10. The number of aryl methyl sites for hydroxylation is 2. The van der Waals surface area contributed by atoms with Gasteiger partial charge in [-0.15, -0.1) is 10.2 Å². The minimum atomic E-state index is -3.56. The Morgan fingerprint density at radius 1 is 1.00 bits per heavy atom. The number of rotatable bonds is 3. The van der Waals surface area contributed by atoms with Crippen LogP contribution in [0.15, 0.2) is 9.68 Å². The summed E-state index contributed by atoms with van der Waals surface area (Å²) in [6, 6.07) is 0. The first-order valence-electron chi connectivity index (χ1n) is 8.26. The first kappa shape index (κ1) is 14.9. The maximum absolute atomic E-state index is 12.8. The zero-order valence-corrected chi connectivity index (χ0v) is 13.8. The minimum Gasteiger partial charge on any atom is -0.361 e. The van der Waals surface area contributed by atoms with Gasteiger partial charge in [0.25, 0.3) is 0 Å². The molecule has 0 fully saturated rings. The number of hydrogen-bond acceptors (Lipinski definition) is 6.